The number of unbranched alkanes of at least 4 members (excludes halogenated alkanes) is 15. The van der Waals surface area contributed by atoms with Crippen LogP contribution in [-0.4, -0.2) is 24.3 Å². The number of aliphatic hydroxyl groups excluding tert-OH is 1. The first kappa shape index (κ1) is 30.6. The van der Waals surface area contributed by atoms with Crippen molar-refractivity contribution in [3.63, 3.8) is 0 Å². The second kappa shape index (κ2) is 22.1. The van der Waals surface area contributed by atoms with Crippen LogP contribution in [0.5, 0.6) is 0 Å². The second-order valence-electron chi connectivity index (χ2n) is 9.34. The quantitative estimate of drug-likeness (QED) is 0.148. The van der Waals surface area contributed by atoms with Gasteiger partial charge in [-0.05, 0) is 11.8 Å². The minimum absolute atomic E-state index is 0. The standard InChI is InChI=1S/C25H50O3.H3N/c1-4-5-6-7-8-9-10-11-12-13-14-15-16-17-18-19-20-25(2,3)23-24(27)28-22-21-26;/h26H,4-23H2,1-3H3;1H3. The van der Waals surface area contributed by atoms with E-state index in [9.17, 15) is 4.79 Å². The molecule has 0 saturated carbocycles. The SMILES string of the molecule is CCCCCCCCCCCCCCCCCCC(C)(C)CC(=O)OCCO.N. The number of esters is 1. The topological polar surface area (TPSA) is 81.5 Å². The van der Waals surface area contributed by atoms with E-state index in [-0.39, 0.29) is 30.7 Å². The molecule has 4 heteroatoms. The maximum absolute atomic E-state index is 11.7. The summed E-state index contributed by atoms with van der Waals surface area (Å²) in [5.74, 6) is -0.185. The highest BCUT2D eigenvalue weighted by atomic mass is 16.5. The molecule has 0 aliphatic carbocycles. The maximum Gasteiger partial charge on any atom is 0.306 e. The molecule has 0 aliphatic heterocycles. The number of ether oxygens (including phenoxy) is 1. The lowest BCUT2D eigenvalue weighted by Crippen LogP contribution is -2.20. The number of carbonyl (C=O) groups is 1. The summed E-state index contributed by atoms with van der Waals surface area (Å²) in [4.78, 5) is 11.7. The smallest absolute Gasteiger partial charge is 0.306 e. The van der Waals surface area contributed by atoms with Crippen LogP contribution in [0.25, 0.3) is 0 Å². The van der Waals surface area contributed by atoms with Gasteiger partial charge in [0.05, 0.1) is 13.0 Å². The summed E-state index contributed by atoms with van der Waals surface area (Å²) in [6, 6.07) is 0. The zero-order valence-corrected chi connectivity index (χ0v) is 20.1. The molecule has 0 spiro atoms. The third-order valence-electron chi connectivity index (χ3n) is 5.68. The van der Waals surface area contributed by atoms with Crippen molar-refractivity contribution >= 4 is 5.97 Å². The van der Waals surface area contributed by atoms with Gasteiger partial charge in [-0.1, -0.05) is 124 Å². The molecule has 0 fully saturated rings. The predicted molar refractivity (Wildman–Crippen MR) is 126 cm³/mol. The molecule has 4 nitrogen and oxygen atoms in total. The Morgan fingerprint density at radius 1 is 0.724 bits per heavy atom. The molecule has 176 valence electrons. The van der Waals surface area contributed by atoms with E-state index in [4.69, 9.17) is 9.84 Å². The van der Waals surface area contributed by atoms with E-state index in [2.05, 4.69) is 20.8 Å². The molecule has 0 atom stereocenters. The Morgan fingerprint density at radius 3 is 1.48 bits per heavy atom. The molecule has 0 saturated heterocycles. The van der Waals surface area contributed by atoms with Crippen LogP contribution in [0.1, 0.15) is 136 Å². The lowest BCUT2D eigenvalue weighted by molar-refractivity contribution is -0.147. The van der Waals surface area contributed by atoms with Crippen LogP contribution in [0.3, 0.4) is 0 Å². The summed E-state index contributed by atoms with van der Waals surface area (Å²) in [7, 11) is 0. The van der Waals surface area contributed by atoms with Gasteiger partial charge < -0.3 is 16.0 Å². The van der Waals surface area contributed by atoms with Gasteiger partial charge in [0.1, 0.15) is 6.61 Å². The minimum Gasteiger partial charge on any atom is -0.463 e. The lowest BCUT2D eigenvalue weighted by atomic mass is 9.83. The van der Waals surface area contributed by atoms with Crippen LogP contribution in [0.2, 0.25) is 0 Å². The van der Waals surface area contributed by atoms with Crippen LogP contribution < -0.4 is 6.15 Å². The molecule has 0 aliphatic rings. The Morgan fingerprint density at radius 2 is 1.10 bits per heavy atom. The average molecular weight is 416 g/mol. The number of hydrogen-bond donors (Lipinski definition) is 2. The van der Waals surface area contributed by atoms with E-state index >= 15 is 0 Å². The molecule has 0 radical (unpaired) electrons. The summed E-state index contributed by atoms with van der Waals surface area (Å²) in [5.41, 5.74) is 0.00252. The van der Waals surface area contributed by atoms with E-state index in [0.717, 1.165) is 6.42 Å². The molecular weight excluding hydrogens is 362 g/mol. The second-order valence-corrected chi connectivity index (χ2v) is 9.34. The maximum atomic E-state index is 11.7. The first-order valence-corrected chi connectivity index (χ1v) is 12.3. The number of aliphatic hydroxyl groups is 1. The zero-order chi connectivity index (χ0) is 20.9. The third kappa shape index (κ3) is 23.5. The Labute approximate surface area is 182 Å². The summed E-state index contributed by atoms with van der Waals surface area (Å²) in [6.07, 6.45) is 23.7. The largest absolute Gasteiger partial charge is 0.463 e. The molecule has 0 aromatic rings. The number of rotatable bonds is 21. The van der Waals surface area contributed by atoms with Crippen molar-refractivity contribution in [2.45, 2.75) is 136 Å². The first-order valence-electron chi connectivity index (χ1n) is 12.3. The number of hydrogen-bond acceptors (Lipinski definition) is 4. The fraction of sp³-hybridized carbons (Fsp3) is 0.960. The molecule has 0 aromatic heterocycles. The van der Waals surface area contributed by atoms with E-state index in [1.54, 1.807) is 0 Å². The van der Waals surface area contributed by atoms with Gasteiger partial charge in [-0.3, -0.25) is 4.79 Å². The molecule has 0 aromatic carbocycles. The summed E-state index contributed by atoms with van der Waals surface area (Å²) in [6.45, 7) is 6.58. The van der Waals surface area contributed by atoms with Crippen molar-refractivity contribution < 1.29 is 14.6 Å². The lowest BCUT2D eigenvalue weighted by Gasteiger charge is -2.23. The van der Waals surface area contributed by atoms with Crippen molar-refractivity contribution in [2.24, 2.45) is 5.41 Å². The van der Waals surface area contributed by atoms with E-state index in [1.165, 1.54) is 103 Å². The van der Waals surface area contributed by atoms with Gasteiger partial charge in [-0.25, -0.2) is 0 Å². The third-order valence-corrected chi connectivity index (χ3v) is 5.68. The molecular formula is C25H53NO3. The van der Waals surface area contributed by atoms with Crippen LogP contribution in [0, 0.1) is 5.41 Å². The normalized spacial score (nSPS) is 11.3. The van der Waals surface area contributed by atoms with Crippen LogP contribution in [0.4, 0.5) is 0 Å². The van der Waals surface area contributed by atoms with E-state index in [1.807, 2.05) is 0 Å². The average Bonchev–Trinajstić information content (AvgIpc) is 2.65. The Balaban J connectivity index is 0. The van der Waals surface area contributed by atoms with Gasteiger partial charge in [-0.2, -0.15) is 0 Å². The highest BCUT2D eigenvalue weighted by Crippen LogP contribution is 2.28. The van der Waals surface area contributed by atoms with Gasteiger partial charge in [-0.15, -0.1) is 0 Å². The fourth-order valence-electron chi connectivity index (χ4n) is 3.84. The summed E-state index contributed by atoms with van der Waals surface area (Å²) >= 11 is 0. The van der Waals surface area contributed by atoms with Gasteiger partial charge in [0.25, 0.3) is 0 Å². The molecule has 4 N–H and O–H groups in total. The van der Waals surface area contributed by atoms with Gasteiger partial charge >= 0.3 is 5.97 Å². The van der Waals surface area contributed by atoms with Crippen molar-refractivity contribution in [1.29, 1.82) is 0 Å². The zero-order valence-electron chi connectivity index (χ0n) is 20.1. The van der Waals surface area contributed by atoms with Crippen LogP contribution >= 0.6 is 0 Å². The van der Waals surface area contributed by atoms with Crippen molar-refractivity contribution in [3.8, 4) is 0 Å². The minimum atomic E-state index is -0.185. The molecule has 0 bridgehead atoms. The molecule has 29 heavy (non-hydrogen) atoms. The predicted octanol–water partition coefficient (Wildman–Crippen LogP) is 7.75. The van der Waals surface area contributed by atoms with Gasteiger partial charge in [0, 0.05) is 0 Å². The van der Waals surface area contributed by atoms with Crippen molar-refractivity contribution in [1.82, 2.24) is 6.15 Å². The van der Waals surface area contributed by atoms with Crippen LogP contribution in [-0.2, 0) is 9.53 Å². The van der Waals surface area contributed by atoms with Gasteiger partial charge in [0.2, 0.25) is 0 Å². The molecule has 0 unspecified atom stereocenters. The fourth-order valence-corrected chi connectivity index (χ4v) is 3.84. The first-order chi connectivity index (χ1) is 13.5. The Kier molecular flexibility index (Phi) is 23.3. The highest BCUT2D eigenvalue weighted by molar-refractivity contribution is 5.70. The van der Waals surface area contributed by atoms with Crippen molar-refractivity contribution in [3.05, 3.63) is 0 Å². The molecule has 0 heterocycles. The van der Waals surface area contributed by atoms with E-state index < -0.39 is 0 Å². The van der Waals surface area contributed by atoms with Gasteiger partial charge in [0.15, 0.2) is 0 Å². The summed E-state index contributed by atoms with van der Waals surface area (Å²) in [5, 5.41) is 8.70. The number of carbonyl (C=O) groups excluding carboxylic acids is 1. The highest BCUT2D eigenvalue weighted by Gasteiger charge is 2.22. The van der Waals surface area contributed by atoms with Crippen molar-refractivity contribution in [2.75, 3.05) is 13.2 Å². The Bertz CT molecular complexity index is 345. The molecule has 0 rings (SSSR count). The van der Waals surface area contributed by atoms with Crippen LogP contribution in [0.15, 0.2) is 0 Å². The Hall–Kier alpha value is -0.610. The monoisotopic (exact) mass is 415 g/mol. The molecule has 0 amide bonds. The van der Waals surface area contributed by atoms with E-state index in [0.29, 0.717) is 6.42 Å². The summed E-state index contributed by atoms with van der Waals surface area (Å²) < 4.78 is 4.97.